The second-order valence-electron chi connectivity index (χ2n) is 4.27. The fraction of sp³-hybridized carbons (Fsp3) is 0.286. The molecule has 106 valence electrons. The van der Waals surface area contributed by atoms with E-state index in [-0.39, 0.29) is 0 Å². The first kappa shape index (κ1) is 14.4. The number of benzene rings is 1. The zero-order valence-corrected chi connectivity index (χ0v) is 12.0. The van der Waals surface area contributed by atoms with Crippen LogP contribution in [0.25, 0.3) is 0 Å². The van der Waals surface area contributed by atoms with Crippen molar-refractivity contribution in [2.75, 3.05) is 17.7 Å². The SMILES string of the molecule is CCCOc1ncnc(NCc2cccc(Cl)c2)c1N. The van der Waals surface area contributed by atoms with Gasteiger partial charge in [0.05, 0.1) is 6.61 Å². The van der Waals surface area contributed by atoms with Crippen molar-refractivity contribution in [1.29, 1.82) is 0 Å². The molecule has 0 amide bonds. The Bertz CT molecular complexity index is 577. The van der Waals surface area contributed by atoms with E-state index in [9.17, 15) is 0 Å². The summed E-state index contributed by atoms with van der Waals surface area (Å²) in [5, 5.41) is 3.86. The van der Waals surface area contributed by atoms with Gasteiger partial charge in [0.25, 0.3) is 0 Å². The standard InChI is InChI=1S/C14H17ClN4O/c1-2-6-20-14-12(16)13(18-9-19-14)17-8-10-4-3-5-11(15)7-10/h3-5,7,9H,2,6,8,16H2,1H3,(H,17,18,19). The van der Waals surface area contributed by atoms with Crippen molar-refractivity contribution < 1.29 is 4.74 Å². The molecule has 0 fully saturated rings. The van der Waals surface area contributed by atoms with Crippen LogP contribution < -0.4 is 15.8 Å². The molecule has 0 atom stereocenters. The Morgan fingerprint density at radius 2 is 2.20 bits per heavy atom. The molecule has 2 rings (SSSR count). The third-order valence-corrected chi connectivity index (χ3v) is 2.87. The number of halogens is 1. The van der Waals surface area contributed by atoms with Crippen molar-refractivity contribution in [3.8, 4) is 5.88 Å². The van der Waals surface area contributed by atoms with E-state index in [0.717, 1.165) is 12.0 Å². The minimum absolute atomic E-state index is 0.412. The molecule has 20 heavy (non-hydrogen) atoms. The van der Waals surface area contributed by atoms with Gasteiger partial charge in [-0.15, -0.1) is 0 Å². The summed E-state index contributed by atoms with van der Waals surface area (Å²) < 4.78 is 5.46. The maximum absolute atomic E-state index is 5.98. The molecule has 3 N–H and O–H groups in total. The summed E-state index contributed by atoms with van der Waals surface area (Å²) in [6.45, 7) is 3.18. The lowest BCUT2D eigenvalue weighted by Gasteiger charge is -2.11. The van der Waals surface area contributed by atoms with Crippen LogP contribution in [0.15, 0.2) is 30.6 Å². The molecular weight excluding hydrogens is 276 g/mol. The number of nitrogens with zero attached hydrogens (tertiary/aromatic N) is 2. The lowest BCUT2D eigenvalue weighted by Crippen LogP contribution is -2.08. The fourth-order valence-corrected chi connectivity index (χ4v) is 1.88. The predicted octanol–water partition coefficient (Wildman–Crippen LogP) is 3.11. The minimum Gasteiger partial charge on any atom is -0.476 e. The molecule has 0 radical (unpaired) electrons. The van der Waals surface area contributed by atoms with Crippen LogP contribution in [-0.4, -0.2) is 16.6 Å². The molecule has 0 saturated heterocycles. The van der Waals surface area contributed by atoms with E-state index in [1.807, 2.05) is 31.2 Å². The second kappa shape index (κ2) is 6.96. The Hall–Kier alpha value is -2.01. The quantitative estimate of drug-likeness (QED) is 0.856. The second-order valence-corrected chi connectivity index (χ2v) is 4.71. The Labute approximate surface area is 123 Å². The molecule has 1 aromatic heterocycles. The molecule has 0 saturated carbocycles. The molecule has 6 heteroatoms. The van der Waals surface area contributed by atoms with Crippen molar-refractivity contribution >= 4 is 23.1 Å². The maximum atomic E-state index is 5.98. The Kier molecular flexibility index (Phi) is 5.01. The first-order valence-corrected chi connectivity index (χ1v) is 6.80. The van der Waals surface area contributed by atoms with Crippen LogP contribution in [0.5, 0.6) is 5.88 Å². The summed E-state index contributed by atoms with van der Waals surface area (Å²) in [4.78, 5) is 8.15. The number of anilines is 2. The summed E-state index contributed by atoms with van der Waals surface area (Å²) in [5.41, 5.74) is 7.45. The summed E-state index contributed by atoms with van der Waals surface area (Å²) in [5.74, 6) is 0.974. The van der Waals surface area contributed by atoms with E-state index in [2.05, 4.69) is 15.3 Å². The molecule has 2 aromatic rings. The molecule has 1 aromatic carbocycles. The van der Waals surface area contributed by atoms with Gasteiger partial charge in [0.1, 0.15) is 12.0 Å². The predicted molar refractivity (Wildman–Crippen MR) is 81.0 cm³/mol. The zero-order valence-electron chi connectivity index (χ0n) is 11.3. The number of hydrogen-bond acceptors (Lipinski definition) is 5. The van der Waals surface area contributed by atoms with Crippen molar-refractivity contribution in [3.63, 3.8) is 0 Å². The molecule has 0 aliphatic heterocycles. The Morgan fingerprint density at radius 1 is 1.35 bits per heavy atom. The highest BCUT2D eigenvalue weighted by atomic mass is 35.5. The average molecular weight is 293 g/mol. The number of ether oxygens (including phenoxy) is 1. The van der Waals surface area contributed by atoms with Crippen LogP contribution in [0.1, 0.15) is 18.9 Å². The molecular formula is C14H17ClN4O. The van der Waals surface area contributed by atoms with E-state index < -0.39 is 0 Å². The summed E-state index contributed by atoms with van der Waals surface area (Å²) in [6, 6.07) is 7.60. The average Bonchev–Trinajstić information content (AvgIpc) is 2.45. The molecule has 0 unspecified atom stereocenters. The van der Waals surface area contributed by atoms with E-state index in [1.54, 1.807) is 0 Å². The first-order valence-electron chi connectivity index (χ1n) is 6.42. The molecule has 0 aliphatic rings. The highest BCUT2D eigenvalue weighted by Gasteiger charge is 2.08. The van der Waals surface area contributed by atoms with Crippen molar-refractivity contribution in [2.24, 2.45) is 0 Å². The van der Waals surface area contributed by atoms with Crippen LogP contribution in [0.3, 0.4) is 0 Å². The first-order chi connectivity index (χ1) is 9.70. The number of nitrogen functional groups attached to an aromatic ring is 1. The third-order valence-electron chi connectivity index (χ3n) is 2.64. The van der Waals surface area contributed by atoms with Crippen molar-refractivity contribution in [3.05, 3.63) is 41.2 Å². The minimum atomic E-state index is 0.412. The molecule has 1 heterocycles. The lowest BCUT2D eigenvalue weighted by atomic mass is 10.2. The number of nitrogens with two attached hydrogens (primary N) is 1. The van der Waals surface area contributed by atoms with E-state index in [0.29, 0.717) is 35.6 Å². The van der Waals surface area contributed by atoms with Gasteiger partial charge in [-0.05, 0) is 24.1 Å². The number of hydrogen-bond donors (Lipinski definition) is 2. The van der Waals surface area contributed by atoms with Gasteiger partial charge in [0.2, 0.25) is 5.88 Å². The largest absolute Gasteiger partial charge is 0.476 e. The molecule has 0 bridgehead atoms. The van der Waals surface area contributed by atoms with Crippen LogP contribution in [0.4, 0.5) is 11.5 Å². The third kappa shape index (κ3) is 3.74. The number of aromatic nitrogens is 2. The van der Waals surface area contributed by atoms with Crippen molar-refractivity contribution in [2.45, 2.75) is 19.9 Å². The van der Waals surface area contributed by atoms with Crippen LogP contribution >= 0.6 is 11.6 Å². The molecule has 5 nitrogen and oxygen atoms in total. The highest BCUT2D eigenvalue weighted by molar-refractivity contribution is 6.30. The van der Waals surface area contributed by atoms with Gasteiger partial charge >= 0.3 is 0 Å². The number of rotatable bonds is 6. The molecule has 0 aliphatic carbocycles. The lowest BCUT2D eigenvalue weighted by molar-refractivity contribution is 0.306. The van der Waals surface area contributed by atoms with Crippen molar-refractivity contribution in [1.82, 2.24) is 9.97 Å². The van der Waals surface area contributed by atoms with Crippen LogP contribution in [-0.2, 0) is 6.54 Å². The van der Waals surface area contributed by atoms with Gasteiger partial charge < -0.3 is 15.8 Å². The van der Waals surface area contributed by atoms with Gasteiger partial charge in [-0.25, -0.2) is 4.98 Å². The smallest absolute Gasteiger partial charge is 0.242 e. The molecule has 0 spiro atoms. The number of nitrogens with one attached hydrogen (secondary N) is 1. The Balaban J connectivity index is 2.06. The zero-order chi connectivity index (χ0) is 14.4. The monoisotopic (exact) mass is 292 g/mol. The van der Waals surface area contributed by atoms with E-state index in [1.165, 1.54) is 6.33 Å². The topological polar surface area (TPSA) is 73.1 Å². The van der Waals surface area contributed by atoms with Gasteiger partial charge in [0.15, 0.2) is 5.82 Å². The summed E-state index contributed by atoms with van der Waals surface area (Å²) in [7, 11) is 0. The summed E-state index contributed by atoms with van der Waals surface area (Å²) >= 11 is 5.94. The Morgan fingerprint density at radius 3 is 2.95 bits per heavy atom. The van der Waals surface area contributed by atoms with Gasteiger partial charge in [-0.1, -0.05) is 30.7 Å². The highest BCUT2D eigenvalue weighted by Crippen LogP contribution is 2.25. The fourth-order valence-electron chi connectivity index (χ4n) is 1.67. The van der Waals surface area contributed by atoms with Gasteiger partial charge in [-0.2, -0.15) is 4.98 Å². The summed E-state index contributed by atoms with van der Waals surface area (Å²) in [6.07, 6.45) is 2.33. The van der Waals surface area contributed by atoms with E-state index in [4.69, 9.17) is 22.1 Å². The normalized spacial score (nSPS) is 10.3. The van der Waals surface area contributed by atoms with Gasteiger partial charge in [-0.3, -0.25) is 0 Å². The van der Waals surface area contributed by atoms with Gasteiger partial charge in [0, 0.05) is 11.6 Å². The van der Waals surface area contributed by atoms with Crippen LogP contribution in [0, 0.1) is 0 Å². The van der Waals surface area contributed by atoms with Crippen LogP contribution in [0.2, 0.25) is 5.02 Å². The van der Waals surface area contributed by atoms with E-state index >= 15 is 0 Å². The maximum Gasteiger partial charge on any atom is 0.242 e.